The molecule has 0 bridgehead atoms. The summed E-state index contributed by atoms with van der Waals surface area (Å²) in [4.78, 5) is 17.4. The number of rotatable bonds is 6. The van der Waals surface area contributed by atoms with Crippen molar-refractivity contribution in [2.45, 2.75) is 46.5 Å². The first-order valence-electron chi connectivity index (χ1n) is 11.6. The van der Waals surface area contributed by atoms with Gasteiger partial charge in [-0.15, -0.1) is 0 Å². The predicted molar refractivity (Wildman–Crippen MR) is 137 cm³/mol. The molecule has 0 saturated heterocycles. The van der Waals surface area contributed by atoms with Crippen molar-refractivity contribution in [2.24, 2.45) is 0 Å². The van der Waals surface area contributed by atoms with E-state index in [0.29, 0.717) is 11.7 Å². The molecule has 0 fully saturated rings. The summed E-state index contributed by atoms with van der Waals surface area (Å²) in [5, 5.41) is 4.60. The molecule has 0 radical (unpaired) electrons. The first-order chi connectivity index (χ1) is 16.5. The molecule has 6 nitrogen and oxygen atoms in total. The number of nitrogens with one attached hydrogen (secondary N) is 1. The Hall–Kier alpha value is -3.32. The largest absolute Gasteiger partial charge is 0.496 e. The highest BCUT2D eigenvalue weighted by Gasteiger charge is 2.23. The van der Waals surface area contributed by atoms with Crippen LogP contribution in [0.2, 0.25) is 0 Å². The summed E-state index contributed by atoms with van der Waals surface area (Å²) in [7, 11) is 1.66. The van der Waals surface area contributed by atoms with Gasteiger partial charge in [0.15, 0.2) is 5.13 Å². The lowest BCUT2D eigenvalue weighted by molar-refractivity contribution is -0.111. The SMILES string of the molecule is CCOc1ccc2nc(NC(=O)/C=C(\C)c3cc4c5c(oc4c(C)c3OC)CCCC5)sc2c1. The van der Waals surface area contributed by atoms with E-state index < -0.39 is 0 Å². The maximum atomic E-state index is 12.9. The van der Waals surface area contributed by atoms with E-state index in [9.17, 15) is 4.79 Å². The lowest BCUT2D eigenvalue weighted by atomic mass is 9.93. The number of fused-ring (bicyclic) bond motifs is 4. The Bertz CT molecular complexity index is 1430. The minimum Gasteiger partial charge on any atom is -0.496 e. The number of aromatic nitrogens is 1. The van der Waals surface area contributed by atoms with Crippen LogP contribution in [0, 0.1) is 6.92 Å². The minimum atomic E-state index is -0.226. The molecule has 0 saturated carbocycles. The van der Waals surface area contributed by atoms with E-state index in [2.05, 4.69) is 16.4 Å². The Labute approximate surface area is 202 Å². The number of carbonyl (C=O) groups is 1. The summed E-state index contributed by atoms with van der Waals surface area (Å²) in [6, 6.07) is 7.85. The number of aryl methyl sites for hydroxylation is 3. The van der Waals surface area contributed by atoms with Gasteiger partial charge < -0.3 is 13.9 Å². The van der Waals surface area contributed by atoms with Gasteiger partial charge in [0.05, 0.1) is 23.9 Å². The summed E-state index contributed by atoms with van der Waals surface area (Å²) in [5.41, 5.74) is 5.72. The zero-order valence-corrected chi connectivity index (χ0v) is 20.7. The Morgan fingerprint density at radius 2 is 2.09 bits per heavy atom. The van der Waals surface area contributed by atoms with Crippen LogP contribution in [0.3, 0.4) is 0 Å². The lowest BCUT2D eigenvalue weighted by Gasteiger charge is -2.13. The predicted octanol–water partition coefficient (Wildman–Crippen LogP) is 6.68. The second-order valence-corrected chi connectivity index (χ2v) is 9.60. The van der Waals surface area contributed by atoms with Gasteiger partial charge in [0.25, 0.3) is 0 Å². The number of anilines is 1. The fourth-order valence-electron chi connectivity index (χ4n) is 4.72. The molecule has 4 aromatic rings. The molecule has 34 heavy (non-hydrogen) atoms. The molecule has 0 unspecified atom stereocenters. The molecule has 0 spiro atoms. The number of thiazole rings is 1. The Morgan fingerprint density at radius 1 is 1.26 bits per heavy atom. The van der Waals surface area contributed by atoms with Gasteiger partial charge in [0.2, 0.25) is 5.91 Å². The standard InChI is InChI=1S/C27H28N2O4S/c1-5-32-17-10-11-21-23(13-17)34-27(28-21)29-24(30)12-15(2)19-14-20-18-8-6-7-9-22(18)33-26(20)16(3)25(19)31-4/h10-14H,5-9H2,1-4H3,(H,28,29,30)/b15-12+. The summed E-state index contributed by atoms with van der Waals surface area (Å²) in [6.45, 7) is 6.51. The van der Waals surface area contributed by atoms with Crippen LogP contribution in [0.5, 0.6) is 11.5 Å². The summed E-state index contributed by atoms with van der Waals surface area (Å²) in [6.07, 6.45) is 5.94. The smallest absolute Gasteiger partial charge is 0.250 e. The molecule has 176 valence electrons. The Kier molecular flexibility index (Phi) is 6.04. The zero-order valence-electron chi connectivity index (χ0n) is 19.9. The van der Waals surface area contributed by atoms with Crippen molar-refractivity contribution in [3.05, 3.63) is 52.8 Å². The lowest BCUT2D eigenvalue weighted by Crippen LogP contribution is -2.08. The van der Waals surface area contributed by atoms with Crippen LogP contribution in [0.25, 0.3) is 26.8 Å². The maximum Gasteiger partial charge on any atom is 0.250 e. The first-order valence-corrected chi connectivity index (χ1v) is 12.4. The average molecular weight is 477 g/mol. The maximum absolute atomic E-state index is 12.9. The van der Waals surface area contributed by atoms with E-state index in [0.717, 1.165) is 74.4 Å². The quantitative estimate of drug-likeness (QED) is 0.314. The topological polar surface area (TPSA) is 73.6 Å². The van der Waals surface area contributed by atoms with Crippen molar-refractivity contribution in [3.63, 3.8) is 0 Å². The van der Waals surface area contributed by atoms with Crippen molar-refractivity contribution in [3.8, 4) is 11.5 Å². The van der Waals surface area contributed by atoms with Crippen LogP contribution in [0.15, 0.2) is 34.8 Å². The summed E-state index contributed by atoms with van der Waals surface area (Å²) in [5.74, 6) is 2.40. The molecule has 1 N–H and O–H groups in total. The van der Waals surface area contributed by atoms with Crippen LogP contribution in [-0.2, 0) is 17.6 Å². The molecule has 5 rings (SSSR count). The van der Waals surface area contributed by atoms with Gasteiger partial charge in [0, 0.05) is 34.6 Å². The number of amides is 1. The molecule has 1 aliphatic carbocycles. The molecule has 2 aromatic heterocycles. The second-order valence-electron chi connectivity index (χ2n) is 8.57. The number of carbonyl (C=O) groups excluding carboxylic acids is 1. The fraction of sp³-hybridized carbons (Fsp3) is 0.333. The molecular formula is C27H28N2O4S. The average Bonchev–Trinajstić information content (AvgIpc) is 3.39. The number of nitrogens with zero attached hydrogens (tertiary/aromatic N) is 1. The minimum absolute atomic E-state index is 0.226. The van der Waals surface area contributed by atoms with Gasteiger partial charge in [-0.05, 0) is 69.9 Å². The molecule has 7 heteroatoms. The third-order valence-electron chi connectivity index (χ3n) is 6.30. The van der Waals surface area contributed by atoms with E-state index in [1.165, 1.54) is 23.3 Å². The molecule has 1 aliphatic rings. The third kappa shape index (κ3) is 4.05. The van der Waals surface area contributed by atoms with Crippen molar-refractivity contribution >= 4 is 49.1 Å². The number of methoxy groups -OCH3 is 1. The zero-order chi connectivity index (χ0) is 23.8. The van der Waals surface area contributed by atoms with E-state index in [4.69, 9.17) is 13.9 Å². The molecule has 2 heterocycles. The van der Waals surface area contributed by atoms with Crippen molar-refractivity contribution < 1.29 is 18.7 Å². The highest BCUT2D eigenvalue weighted by atomic mass is 32.1. The van der Waals surface area contributed by atoms with Gasteiger partial charge >= 0.3 is 0 Å². The fourth-order valence-corrected chi connectivity index (χ4v) is 5.62. The number of furan rings is 1. The first kappa shape index (κ1) is 22.5. The monoisotopic (exact) mass is 476 g/mol. The van der Waals surface area contributed by atoms with Crippen molar-refractivity contribution in [1.29, 1.82) is 0 Å². The van der Waals surface area contributed by atoms with Gasteiger partial charge in [-0.2, -0.15) is 0 Å². The number of hydrogen-bond acceptors (Lipinski definition) is 6. The normalized spacial score (nSPS) is 13.8. The van der Waals surface area contributed by atoms with Crippen LogP contribution < -0.4 is 14.8 Å². The highest BCUT2D eigenvalue weighted by molar-refractivity contribution is 7.22. The van der Waals surface area contributed by atoms with Crippen LogP contribution >= 0.6 is 11.3 Å². The molecule has 0 atom stereocenters. The van der Waals surface area contributed by atoms with Crippen molar-refractivity contribution in [1.82, 2.24) is 4.98 Å². The molecule has 2 aromatic carbocycles. The van der Waals surface area contributed by atoms with Gasteiger partial charge in [-0.25, -0.2) is 4.98 Å². The van der Waals surface area contributed by atoms with E-state index >= 15 is 0 Å². The third-order valence-corrected chi connectivity index (χ3v) is 7.24. The number of ether oxygens (including phenoxy) is 2. The van der Waals surface area contributed by atoms with E-state index in [1.54, 1.807) is 13.2 Å². The van der Waals surface area contributed by atoms with Gasteiger partial charge in [-0.1, -0.05) is 11.3 Å². The van der Waals surface area contributed by atoms with Crippen LogP contribution in [0.4, 0.5) is 5.13 Å². The summed E-state index contributed by atoms with van der Waals surface area (Å²) >= 11 is 1.43. The number of hydrogen-bond donors (Lipinski definition) is 1. The highest BCUT2D eigenvalue weighted by Crippen LogP contribution is 2.41. The molecule has 0 aliphatic heterocycles. The van der Waals surface area contributed by atoms with Crippen molar-refractivity contribution in [2.75, 3.05) is 19.0 Å². The summed E-state index contributed by atoms with van der Waals surface area (Å²) < 4.78 is 18.5. The van der Waals surface area contributed by atoms with Gasteiger partial charge in [-0.3, -0.25) is 10.1 Å². The van der Waals surface area contributed by atoms with E-state index in [1.807, 2.05) is 39.0 Å². The Morgan fingerprint density at radius 3 is 2.88 bits per heavy atom. The van der Waals surface area contributed by atoms with Crippen LogP contribution in [0.1, 0.15) is 49.1 Å². The number of benzene rings is 2. The number of allylic oxidation sites excluding steroid dienone is 1. The molecule has 1 amide bonds. The second kappa shape index (κ2) is 9.14. The molecular weight excluding hydrogens is 448 g/mol. The van der Waals surface area contributed by atoms with Crippen LogP contribution in [-0.4, -0.2) is 24.6 Å². The van der Waals surface area contributed by atoms with Gasteiger partial charge in [0.1, 0.15) is 22.8 Å². The Balaban J connectivity index is 1.45. The van der Waals surface area contributed by atoms with E-state index in [-0.39, 0.29) is 5.91 Å².